The van der Waals surface area contributed by atoms with E-state index in [1.165, 1.54) is 0 Å². The topological polar surface area (TPSA) is 51.6 Å². The summed E-state index contributed by atoms with van der Waals surface area (Å²) in [6.45, 7) is 8.35. The van der Waals surface area contributed by atoms with Gasteiger partial charge in [0.05, 0.1) is 16.8 Å². The Balaban J connectivity index is 2.06. The smallest absolute Gasteiger partial charge is 0.218 e. The summed E-state index contributed by atoms with van der Waals surface area (Å²) in [4.78, 5) is 21.9. The van der Waals surface area contributed by atoms with Crippen LogP contribution in [0.5, 0.6) is 0 Å². The van der Waals surface area contributed by atoms with Crippen LogP contribution >= 0.6 is 0 Å². The van der Waals surface area contributed by atoms with Crippen LogP contribution in [-0.4, -0.2) is 28.8 Å². The zero-order chi connectivity index (χ0) is 16.6. The molecule has 3 rings (SSSR count). The Morgan fingerprint density at radius 3 is 2.43 bits per heavy atom. The van der Waals surface area contributed by atoms with Gasteiger partial charge in [-0.3, -0.25) is 9.78 Å². The number of pyridine rings is 1. The van der Waals surface area contributed by atoms with Gasteiger partial charge in [-0.15, -0.1) is 0 Å². The Kier molecular flexibility index (Phi) is 3.76. The van der Waals surface area contributed by atoms with E-state index < -0.39 is 0 Å². The van der Waals surface area contributed by atoms with E-state index >= 15 is 0 Å². The van der Waals surface area contributed by atoms with Crippen LogP contribution in [0.4, 0.5) is 0 Å². The quantitative estimate of drug-likeness (QED) is 0.816. The average molecular weight is 308 g/mol. The van der Waals surface area contributed by atoms with Gasteiger partial charge >= 0.3 is 0 Å². The van der Waals surface area contributed by atoms with Crippen LogP contribution in [-0.2, 0) is 4.74 Å². The number of carbonyl (C=O) groups excluding carboxylic acids is 1. The maximum atomic E-state index is 12.8. The zero-order valence-corrected chi connectivity index (χ0v) is 13.9. The second kappa shape index (κ2) is 5.61. The van der Waals surface area contributed by atoms with E-state index in [9.17, 15) is 4.79 Å². The molecule has 0 saturated carbocycles. The van der Waals surface area contributed by atoms with Crippen molar-refractivity contribution in [3.8, 4) is 0 Å². The summed E-state index contributed by atoms with van der Waals surface area (Å²) >= 11 is 0. The molecule has 0 amide bonds. The molecule has 0 radical (unpaired) electrons. The van der Waals surface area contributed by atoms with Gasteiger partial charge in [0, 0.05) is 16.8 Å². The molecule has 1 aromatic heterocycles. The predicted octanol–water partition coefficient (Wildman–Crippen LogP) is 3.48. The Morgan fingerprint density at radius 2 is 1.83 bits per heavy atom. The number of ketones is 1. The van der Waals surface area contributed by atoms with E-state index in [4.69, 9.17) is 4.74 Å². The Morgan fingerprint density at radius 1 is 1.13 bits per heavy atom. The van der Waals surface area contributed by atoms with Crippen molar-refractivity contribution in [1.82, 2.24) is 4.98 Å². The van der Waals surface area contributed by atoms with E-state index in [2.05, 4.69) is 9.98 Å². The molecular formula is C19H20N2O2. The Hall–Kier alpha value is -2.49. The monoisotopic (exact) mass is 308 g/mol. The number of rotatable bonds is 3. The lowest BCUT2D eigenvalue weighted by Crippen LogP contribution is -2.17. The number of ether oxygens (including phenoxy) is 1. The van der Waals surface area contributed by atoms with E-state index in [-0.39, 0.29) is 11.3 Å². The van der Waals surface area contributed by atoms with Crippen molar-refractivity contribution in [3.05, 3.63) is 64.5 Å². The maximum absolute atomic E-state index is 12.8. The van der Waals surface area contributed by atoms with Gasteiger partial charge in [-0.1, -0.05) is 30.3 Å². The van der Waals surface area contributed by atoms with E-state index in [0.29, 0.717) is 23.6 Å². The standard InChI is InChI=1S/C19H20N2O2/c1-12-15(17(22)14-8-6-5-7-9-14)10-16(13(2)20-12)18-21-19(3,4)11-23-18/h5-10H,11H2,1-4H3. The maximum Gasteiger partial charge on any atom is 0.218 e. The summed E-state index contributed by atoms with van der Waals surface area (Å²) in [5, 5.41) is 0. The number of benzene rings is 1. The van der Waals surface area contributed by atoms with Crippen molar-refractivity contribution < 1.29 is 9.53 Å². The van der Waals surface area contributed by atoms with Crippen LogP contribution in [0, 0.1) is 13.8 Å². The van der Waals surface area contributed by atoms with Crippen LogP contribution in [0.2, 0.25) is 0 Å². The van der Waals surface area contributed by atoms with E-state index in [1.54, 1.807) is 0 Å². The Bertz CT molecular complexity index is 793. The fourth-order valence-electron chi connectivity index (χ4n) is 2.64. The molecule has 0 saturated heterocycles. The van der Waals surface area contributed by atoms with E-state index in [1.807, 2.05) is 64.1 Å². The summed E-state index contributed by atoms with van der Waals surface area (Å²) in [5.74, 6) is 0.539. The molecule has 1 aliphatic rings. The number of aromatic nitrogens is 1. The minimum absolute atomic E-state index is 0.0327. The highest BCUT2D eigenvalue weighted by Gasteiger charge is 2.29. The van der Waals surface area contributed by atoms with Gasteiger partial charge in [0.1, 0.15) is 6.61 Å². The number of nitrogens with zero attached hydrogens (tertiary/aromatic N) is 2. The van der Waals surface area contributed by atoms with Gasteiger partial charge in [0.2, 0.25) is 5.90 Å². The van der Waals surface area contributed by atoms with Gasteiger partial charge in [-0.25, -0.2) is 4.99 Å². The largest absolute Gasteiger partial charge is 0.475 e. The number of carbonyl (C=O) groups is 1. The normalized spacial score (nSPS) is 15.9. The van der Waals surface area contributed by atoms with Crippen LogP contribution in [0.1, 0.15) is 46.7 Å². The van der Waals surface area contributed by atoms with Crippen LogP contribution in [0.15, 0.2) is 41.4 Å². The highest BCUT2D eigenvalue weighted by atomic mass is 16.5. The first-order chi connectivity index (χ1) is 10.9. The summed E-state index contributed by atoms with van der Waals surface area (Å²) in [6, 6.07) is 11.1. The summed E-state index contributed by atoms with van der Waals surface area (Å²) in [6.07, 6.45) is 0. The fourth-order valence-corrected chi connectivity index (χ4v) is 2.64. The molecule has 0 bridgehead atoms. The lowest BCUT2D eigenvalue weighted by molar-refractivity contribution is 0.103. The molecule has 0 N–H and O–H groups in total. The summed E-state index contributed by atoms with van der Waals surface area (Å²) in [5.41, 5.74) is 3.34. The third-order valence-electron chi connectivity index (χ3n) is 3.88. The molecule has 1 aliphatic heterocycles. The molecule has 0 unspecified atom stereocenters. The van der Waals surface area contributed by atoms with Crippen LogP contribution in [0.3, 0.4) is 0 Å². The average Bonchev–Trinajstić information content (AvgIpc) is 2.87. The van der Waals surface area contributed by atoms with Crippen molar-refractivity contribution in [3.63, 3.8) is 0 Å². The molecule has 2 heterocycles. The third kappa shape index (κ3) is 3.02. The highest BCUT2D eigenvalue weighted by Crippen LogP contribution is 2.24. The molecular weight excluding hydrogens is 288 g/mol. The lowest BCUT2D eigenvalue weighted by atomic mass is 9.99. The molecule has 0 spiro atoms. The first kappa shape index (κ1) is 15.4. The molecule has 23 heavy (non-hydrogen) atoms. The van der Waals surface area contributed by atoms with Gasteiger partial charge in [0.25, 0.3) is 0 Å². The predicted molar refractivity (Wildman–Crippen MR) is 90.2 cm³/mol. The van der Waals surface area contributed by atoms with Crippen molar-refractivity contribution in [2.45, 2.75) is 33.2 Å². The summed E-state index contributed by atoms with van der Waals surface area (Å²) in [7, 11) is 0. The van der Waals surface area contributed by atoms with E-state index in [0.717, 1.165) is 17.0 Å². The number of hydrogen-bond donors (Lipinski definition) is 0. The van der Waals surface area contributed by atoms with Crippen molar-refractivity contribution in [1.29, 1.82) is 0 Å². The molecule has 118 valence electrons. The van der Waals surface area contributed by atoms with Gasteiger partial charge < -0.3 is 4.74 Å². The minimum atomic E-state index is -0.240. The van der Waals surface area contributed by atoms with Crippen molar-refractivity contribution in [2.75, 3.05) is 6.61 Å². The summed E-state index contributed by atoms with van der Waals surface area (Å²) < 4.78 is 5.71. The number of aryl methyl sites for hydroxylation is 2. The molecule has 2 aromatic rings. The Labute approximate surface area is 136 Å². The first-order valence-corrected chi connectivity index (χ1v) is 7.68. The SMILES string of the molecule is Cc1nc(C)c(C2=NC(C)(C)CO2)cc1C(=O)c1ccccc1. The number of hydrogen-bond acceptors (Lipinski definition) is 4. The van der Waals surface area contributed by atoms with Crippen molar-refractivity contribution in [2.24, 2.45) is 4.99 Å². The molecule has 1 aromatic carbocycles. The molecule has 0 fully saturated rings. The van der Waals surface area contributed by atoms with Crippen LogP contribution in [0.25, 0.3) is 0 Å². The van der Waals surface area contributed by atoms with Gasteiger partial charge in [-0.05, 0) is 33.8 Å². The molecule has 0 aliphatic carbocycles. The minimum Gasteiger partial charge on any atom is -0.475 e. The zero-order valence-electron chi connectivity index (χ0n) is 13.9. The fraction of sp³-hybridized carbons (Fsp3) is 0.316. The first-order valence-electron chi connectivity index (χ1n) is 7.68. The van der Waals surface area contributed by atoms with Gasteiger partial charge in [-0.2, -0.15) is 0 Å². The highest BCUT2D eigenvalue weighted by molar-refractivity contribution is 6.11. The third-order valence-corrected chi connectivity index (χ3v) is 3.88. The molecule has 4 nitrogen and oxygen atoms in total. The second-order valence-corrected chi connectivity index (χ2v) is 6.47. The van der Waals surface area contributed by atoms with Gasteiger partial charge in [0.15, 0.2) is 5.78 Å². The molecule has 0 atom stereocenters. The second-order valence-electron chi connectivity index (χ2n) is 6.47. The van der Waals surface area contributed by atoms with Crippen molar-refractivity contribution >= 4 is 11.7 Å². The number of aliphatic imine (C=N–C) groups is 1. The molecule has 4 heteroatoms. The lowest BCUT2D eigenvalue weighted by Gasteiger charge is -2.10. The van der Waals surface area contributed by atoms with Crippen LogP contribution < -0.4 is 0 Å².